The molecule has 15 heavy (non-hydrogen) atoms. The molecule has 1 aromatic rings. The number of pyridine rings is 1. The zero-order chi connectivity index (χ0) is 11.5. The number of hydrogen-bond donors (Lipinski definition) is 0. The molecule has 1 rings (SSSR count). The first-order valence-corrected chi connectivity index (χ1v) is 4.05. The quantitative estimate of drug-likeness (QED) is 0.563. The Hall–Kier alpha value is -1.68. The van der Waals surface area contributed by atoms with Crippen LogP contribution in [-0.4, -0.2) is 11.1 Å². The van der Waals surface area contributed by atoms with Crippen molar-refractivity contribution >= 4 is 6.08 Å². The molecule has 0 saturated heterocycles. The van der Waals surface area contributed by atoms with Gasteiger partial charge in [0.2, 0.25) is 6.08 Å². The van der Waals surface area contributed by atoms with Gasteiger partial charge in [-0.25, -0.2) is 4.79 Å². The van der Waals surface area contributed by atoms with E-state index in [0.29, 0.717) is 0 Å². The van der Waals surface area contributed by atoms with Crippen LogP contribution in [0.15, 0.2) is 23.5 Å². The van der Waals surface area contributed by atoms with Crippen molar-refractivity contribution in [2.75, 3.05) is 0 Å². The summed E-state index contributed by atoms with van der Waals surface area (Å²) in [4.78, 5) is 16.8. The van der Waals surface area contributed by atoms with E-state index in [2.05, 4.69) is 9.98 Å². The van der Waals surface area contributed by atoms with Crippen LogP contribution in [0.4, 0.5) is 13.2 Å². The normalized spacial score (nSPS) is 13.1. The molecule has 1 heterocycles. The standard InChI is InChI=1S/C9H7F3N2O/c1-6(14-5-15)7-4-13-3-2-8(7)9(10,11)12/h2-4,6H,1H3. The van der Waals surface area contributed by atoms with Crippen LogP contribution >= 0.6 is 0 Å². The summed E-state index contributed by atoms with van der Waals surface area (Å²) in [6.45, 7) is 1.37. The molecule has 3 nitrogen and oxygen atoms in total. The molecular formula is C9H7F3N2O. The number of aromatic nitrogens is 1. The highest BCUT2D eigenvalue weighted by atomic mass is 19.4. The monoisotopic (exact) mass is 216 g/mol. The summed E-state index contributed by atoms with van der Waals surface area (Å²) in [5.74, 6) is 0. The lowest BCUT2D eigenvalue weighted by molar-refractivity contribution is -0.138. The van der Waals surface area contributed by atoms with Gasteiger partial charge in [0.15, 0.2) is 0 Å². The molecule has 0 fully saturated rings. The van der Waals surface area contributed by atoms with Crippen LogP contribution < -0.4 is 0 Å². The fourth-order valence-corrected chi connectivity index (χ4v) is 1.15. The van der Waals surface area contributed by atoms with E-state index in [4.69, 9.17) is 0 Å². The molecule has 1 atom stereocenters. The van der Waals surface area contributed by atoms with E-state index >= 15 is 0 Å². The van der Waals surface area contributed by atoms with Gasteiger partial charge < -0.3 is 0 Å². The zero-order valence-corrected chi connectivity index (χ0v) is 7.75. The third-order valence-corrected chi connectivity index (χ3v) is 1.85. The largest absolute Gasteiger partial charge is 0.416 e. The van der Waals surface area contributed by atoms with Crippen LogP contribution in [0.5, 0.6) is 0 Å². The molecule has 0 aromatic carbocycles. The number of nitrogens with zero attached hydrogens (tertiary/aromatic N) is 2. The van der Waals surface area contributed by atoms with Crippen molar-refractivity contribution in [3.63, 3.8) is 0 Å². The van der Waals surface area contributed by atoms with Crippen LogP contribution in [0, 0.1) is 0 Å². The van der Waals surface area contributed by atoms with Gasteiger partial charge in [0.25, 0.3) is 0 Å². The van der Waals surface area contributed by atoms with Crippen LogP contribution in [0.25, 0.3) is 0 Å². The predicted octanol–water partition coefficient (Wildman–Crippen LogP) is 2.50. The Morgan fingerprint density at radius 1 is 1.53 bits per heavy atom. The first-order chi connectivity index (χ1) is 6.96. The fraction of sp³-hybridized carbons (Fsp3) is 0.333. The SMILES string of the molecule is CC(N=C=O)c1cnccc1C(F)(F)F. The van der Waals surface area contributed by atoms with Crippen LogP contribution in [0.2, 0.25) is 0 Å². The maximum atomic E-state index is 12.5. The number of rotatable bonds is 2. The second-order valence-electron chi connectivity index (χ2n) is 2.86. The summed E-state index contributed by atoms with van der Waals surface area (Å²) in [6, 6.07) is -0.0422. The third kappa shape index (κ3) is 2.63. The van der Waals surface area contributed by atoms with Crippen molar-refractivity contribution in [1.29, 1.82) is 0 Å². The van der Waals surface area contributed by atoms with Crippen LogP contribution in [0.1, 0.15) is 24.1 Å². The van der Waals surface area contributed by atoms with Crippen molar-refractivity contribution in [2.24, 2.45) is 4.99 Å². The van der Waals surface area contributed by atoms with Crippen LogP contribution in [0.3, 0.4) is 0 Å². The van der Waals surface area contributed by atoms with Crippen molar-refractivity contribution in [3.8, 4) is 0 Å². The Morgan fingerprint density at radius 2 is 2.20 bits per heavy atom. The lowest BCUT2D eigenvalue weighted by atomic mass is 10.0. The van der Waals surface area contributed by atoms with E-state index in [0.717, 1.165) is 18.5 Å². The minimum atomic E-state index is -4.47. The van der Waals surface area contributed by atoms with Gasteiger partial charge in [-0.05, 0) is 13.0 Å². The molecule has 0 N–H and O–H groups in total. The molecular weight excluding hydrogens is 209 g/mol. The smallest absolute Gasteiger partial charge is 0.264 e. The summed E-state index contributed by atoms with van der Waals surface area (Å²) >= 11 is 0. The van der Waals surface area contributed by atoms with Crippen molar-refractivity contribution in [3.05, 3.63) is 29.6 Å². The van der Waals surface area contributed by atoms with Gasteiger partial charge in [-0.2, -0.15) is 18.2 Å². The lowest BCUT2D eigenvalue weighted by Crippen LogP contribution is -2.10. The Morgan fingerprint density at radius 3 is 2.73 bits per heavy atom. The molecule has 0 aliphatic rings. The number of halogens is 3. The minimum absolute atomic E-state index is 0.131. The second-order valence-corrected chi connectivity index (χ2v) is 2.86. The predicted molar refractivity (Wildman–Crippen MR) is 45.8 cm³/mol. The average molecular weight is 216 g/mol. The van der Waals surface area contributed by atoms with Gasteiger partial charge in [-0.15, -0.1) is 0 Å². The molecule has 0 radical (unpaired) electrons. The van der Waals surface area contributed by atoms with E-state index in [1.807, 2.05) is 0 Å². The van der Waals surface area contributed by atoms with E-state index in [1.54, 1.807) is 0 Å². The first-order valence-electron chi connectivity index (χ1n) is 4.05. The van der Waals surface area contributed by atoms with Crippen molar-refractivity contribution in [2.45, 2.75) is 19.1 Å². The molecule has 0 saturated carbocycles. The number of carbonyl (C=O) groups excluding carboxylic acids is 1. The number of aliphatic imine (C=N–C) groups is 1. The number of alkyl halides is 3. The van der Waals surface area contributed by atoms with Gasteiger partial charge >= 0.3 is 6.18 Å². The van der Waals surface area contributed by atoms with Gasteiger partial charge in [-0.3, -0.25) is 4.98 Å². The van der Waals surface area contributed by atoms with E-state index in [-0.39, 0.29) is 5.56 Å². The highest BCUT2D eigenvalue weighted by Crippen LogP contribution is 2.34. The van der Waals surface area contributed by atoms with E-state index < -0.39 is 17.8 Å². The number of isocyanates is 1. The summed E-state index contributed by atoms with van der Waals surface area (Å²) in [6.07, 6.45) is -1.15. The van der Waals surface area contributed by atoms with Gasteiger partial charge in [0, 0.05) is 18.0 Å². The summed E-state index contributed by atoms with van der Waals surface area (Å²) in [5.41, 5.74) is -0.961. The Bertz CT molecular complexity index is 397. The molecule has 1 aromatic heterocycles. The van der Waals surface area contributed by atoms with Gasteiger partial charge in [0.1, 0.15) is 0 Å². The van der Waals surface area contributed by atoms with Gasteiger partial charge in [-0.1, -0.05) is 0 Å². The first kappa shape index (κ1) is 11.4. The molecule has 0 aliphatic carbocycles. The number of hydrogen-bond acceptors (Lipinski definition) is 3. The summed E-state index contributed by atoms with van der Waals surface area (Å²) < 4.78 is 37.4. The summed E-state index contributed by atoms with van der Waals surface area (Å²) in [5, 5.41) is 0. The highest BCUT2D eigenvalue weighted by molar-refractivity contribution is 5.37. The highest BCUT2D eigenvalue weighted by Gasteiger charge is 2.34. The van der Waals surface area contributed by atoms with Crippen molar-refractivity contribution in [1.82, 2.24) is 4.98 Å². The maximum Gasteiger partial charge on any atom is 0.416 e. The zero-order valence-electron chi connectivity index (χ0n) is 7.75. The Balaban J connectivity index is 3.23. The van der Waals surface area contributed by atoms with Crippen LogP contribution in [-0.2, 0) is 11.0 Å². The Kier molecular flexibility index (Phi) is 3.21. The third-order valence-electron chi connectivity index (χ3n) is 1.85. The lowest BCUT2D eigenvalue weighted by Gasteiger charge is -2.13. The summed E-state index contributed by atoms with van der Waals surface area (Å²) in [7, 11) is 0. The molecule has 0 amide bonds. The topological polar surface area (TPSA) is 42.3 Å². The molecule has 80 valence electrons. The molecule has 0 aliphatic heterocycles. The minimum Gasteiger partial charge on any atom is -0.264 e. The molecule has 0 spiro atoms. The van der Waals surface area contributed by atoms with E-state index in [9.17, 15) is 18.0 Å². The second kappa shape index (κ2) is 4.23. The van der Waals surface area contributed by atoms with Gasteiger partial charge in [0.05, 0.1) is 11.6 Å². The molecule has 6 heteroatoms. The van der Waals surface area contributed by atoms with E-state index in [1.165, 1.54) is 13.0 Å². The fourth-order valence-electron chi connectivity index (χ4n) is 1.15. The average Bonchev–Trinajstić information content (AvgIpc) is 2.17. The van der Waals surface area contributed by atoms with Crippen molar-refractivity contribution < 1.29 is 18.0 Å². The maximum absolute atomic E-state index is 12.5. The molecule has 0 bridgehead atoms. The Labute approximate surface area is 83.7 Å². The molecule has 1 unspecified atom stereocenters.